The van der Waals surface area contributed by atoms with Crippen LogP contribution < -0.4 is 0 Å². The van der Waals surface area contributed by atoms with Crippen molar-refractivity contribution in [2.45, 2.75) is 80.6 Å². The van der Waals surface area contributed by atoms with Crippen LogP contribution >= 0.6 is 34.8 Å². The van der Waals surface area contributed by atoms with Gasteiger partial charge in [0.1, 0.15) is 7.85 Å². The number of hydrogen-bond donors (Lipinski definition) is 0. The van der Waals surface area contributed by atoms with Crippen LogP contribution in [0.25, 0.3) is 0 Å². The second kappa shape index (κ2) is 6.63. The molecule has 1 aliphatic carbocycles. The SMILES string of the molecule is BC1(I)CCCCCCC2C(CC(=S)N2C(C)C)C1. The summed E-state index contributed by atoms with van der Waals surface area (Å²) < 4.78 is 0.473. The summed E-state index contributed by atoms with van der Waals surface area (Å²) in [6.45, 7) is 4.60. The maximum atomic E-state index is 5.69. The first-order valence-corrected chi connectivity index (χ1v) is 9.39. The highest BCUT2D eigenvalue weighted by Crippen LogP contribution is 2.41. The second-order valence-corrected chi connectivity index (χ2v) is 10.1. The molecule has 1 nitrogen and oxygen atoms in total. The lowest BCUT2D eigenvalue weighted by molar-refractivity contribution is 0.209. The zero-order chi connectivity index (χ0) is 14.0. The predicted octanol–water partition coefficient (Wildman–Crippen LogP) is 3.92. The first kappa shape index (κ1) is 16.1. The molecule has 4 heteroatoms. The molecule has 1 heterocycles. The van der Waals surface area contributed by atoms with E-state index in [1.54, 1.807) is 0 Å². The summed E-state index contributed by atoms with van der Waals surface area (Å²) in [5, 5.41) is 0. The van der Waals surface area contributed by atoms with Crippen molar-refractivity contribution < 1.29 is 0 Å². The molecule has 0 aromatic heterocycles. The fourth-order valence-corrected chi connectivity index (χ4v) is 5.49. The molecule has 0 N–H and O–H groups in total. The minimum Gasteiger partial charge on any atom is -0.360 e. The first-order chi connectivity index (χ1) is 8.91. The van der Waals surface area contributed by atoms with Gasteiger partial charge in [0.2, 0.25) is 0 Å². The highest BCUT2D eigenvalue weighted by atomic mass is 127. The Morgan fingerprint density at radius 1 is 1.32 bits per heavy atom. The number of alkyl halides is 1. The Balaban J connectivity index is 2.15. The minimum absolute atomic E-state index is 0.473. The van der Waals surface area contributed by atoms with Crippen molar-refractivity contribution in [3.8, 4) is 0 Å². The number of hydrogen-bond acceptors (Lipinski definition) is 1. The monoisotopic (exact) mass is 391 g/mol. The van der Waals surface area contributed by atoms with E-state index in [4.69, 9.17) is 12.2 Å². The van der Waals surface area contributed by atoms with Crippen LogP contribution in [0.4, 0.5) is 0 Å². The molecular weight excluding hydrogens is 364 g/mol. The van der Waals surface area contributed by atoms with Crippen molar-refractivity contribution in [1.29, 1.82) is 0 Å². The molecule has 1 saturated heterocycles. The average molecular weight is 391 g/mol. The van der Waals surface area contributed by atoms with Crippen LogP contribution in [0.5, 0.6) is 0 Å². The lowest BCUT2D eigenvalue weighted by Gasteiger charge is -2.36. The van der Waals surface area contributed by atoms with Gasteiger partial charge in [-0.1, -0.05) is 60.5 Å². The number of likely N-dealkylation sites (tertiary alicyclic amines) is 1. The summed E-state index contributed by atoms with van der Waals surface area (Å²) in [6, 6.07) is 1.30. The zero-order valence-corrected chi connectivity index (χ0v) is 15.6. The van der Waals surface area contributed by atoms with Gasteiger partial charge in [0, 0.05) is 18.5 Å². The maximum Gasteiger partial charge on any atom is 0.122 e. The Morgan fingerprint density at radius 2 is 2.00 bits per heavy atom. The molecule has 2 fully saturated rings. The summed E-state index contributed by atoms with van der Waals surface area (Å²) in [5.41, 5.74) is 0. The van der Waals surface area contributed by atoms with Crippen LogP contribution in [-0.2, 0) is 0 Å². The van der Waals surface area contributed by atoms with Gasteiger partial charge in [0.05, 0.1) is 4.99 Å². The summed E-state index contributed by atoms with van der Waals surface area (Å²) in [4.78, 5) is 3.80. The fraction of sp³-hybridized carbons (Fsp3) is 0.933. The van der Waals surface area contributed by atoms with Gasteiger partial charge in [-0.25, -0.2) is 0 Å². The second-order valence-electron chi connectivity index (χ2n) is 7.00. The number of nitrogens with zero attached hydrogens (tertiary/aromatic N) is 1. The minimum atomic E-state index is 0.473. The van der Waals surface area contributed by atoms with E-state index in [0.717, 1.165) is 18.4 Å². The molecule has 0 spiro atoms. The molecule has 0 bridgehead atoms. The Kier molecular flexibility index (Phi) is 5.61. The number of halogens is 1. The van der Waals surface area contributed by atoms with Gasteiger partial charge in [-0.05, 0) is 42.3 Å². The maximum absolute atomic E-state index is 5.69. The van der Waals surface area contributed by atoms with Crippen molar-refractivity contribution >= 4 is 47.6 Å². The Labute approximate surface area is 138 Å². The predicted molar refractivity (Wildman–Crippen MR) is 99.1 cm³/mol. The first-order valence-electron chi connectivity index (χ1n) is 7.91. The van der Waals surface area contributed by atoms with Crippen LogP contribution in [0.3, 0.4) is 0 Å². The standard InChI is InChI=1S/C15H27BINS/c1-11(2)18-13-7-5-3-4-6-8-15(16,17)10-12(13)9-14(18)19/h11-13H,3-10,16H2,1-2H3. The van der Waals surface area contributed by atoms with Gasteiger partial charge in [-0.15, -0.1) is 0 Å². The van der Waals surface area contributed by atoms with Gasteiger partial charge in [-0.3, -0.25) is 0 Å². The van der Waals surface area contributed by atoms with Crippen molar-refractivity contribution in [3.05, 3.63) is 0 Å². The molecule has 108 valence electrons. The van der Waals surface area contributed by atoms with Crippen LogP contribution in [0.2, 0.25) is 0 Å². The molecule has 1 aliphatic heterocycles. The van der Waals surface area contributed by atoms with E-state index in [1.165, 1.54) is 49.9 Å². The van der Waals surface area contributed by atoms with Crippen molar-refractivity contribution in [2.24, 2.45) is 5.92 Å². The number of thiocarbonyl (C=S) groups is 1. The molecule has 2 aliphatic rings. The summed E-state index contributed by atoms with van der Waals surface area (Å²) in [6.07, 6.45) is 10.9. The molecule has 0 radical (unpaired) electrons. The molecule has 3 atom stereocenters. The van der Waals surface area contributed by atoms with Crippen LogP contribution in [0, 0.1) is 5.92 Å². The van der Waals surface area contributed by atoms with Crippen LogP contribution in [0.1, 0.15) is 65.2 Å². The number of rotatable bonds is 1. The topological polar surface area (TPSA) is 3.24 Å². The van der Waals surface area contributed by atoms with Crippen LogP contribution in [0.15, 0.2) is 0 Å². The normalized spacial score (nSPS) is 37.5. The van der Waals surface area contributed by atoms with Crippen molar-refractivity contribution in [2.75, 3.05) is 0 Å². The largest absolute Gasteiger partial charge is 0.360 e. The summed E-state index contributed by atoms with van der Waals surface area (Å²) >= 11 is 8.39. The van der Waals surface area contributed by atoms with E-state index in [2.05, 4.69) is 49.2 Å². The van der Waals surface area contributed by atoms with Crippen molar-refractivity contribution in [1.82, 2.24) is 4.90 Å². The summed E-state index contributed by atoms with van der Waals surface area (Å²) in [5.74, 6) is 0.801. The fourth-order valence-electron chi connectivity index (χ4n) is 3.98. The molecule has 19 heavy (non-hydrogen) atoms. The Hall–Kier alpha value is 0.685. The average Bonchev–Trinajstić information content (AvgIpc) is 2.58. The molecular formula is C15H27BINS. The smallest absolute Gasteiger partial charge is 0.122 e. The lowest BCUT2D eigenvalue weighted by atomic mass is 9.73. The van der Waals surface area contributed by atoms with Gasteiger partial charge < -0.3 is 4.90 Å². The molecule has 2 rings (SSSR count). The Bertz CT molecular complexity index is 332. The van der Waals surface area contributed by atoms with E-state index < -0.39 is 0 Å². The summed E-state index contributed by atoms with van der Waals surface area (Å²) in [7, 11) is 2.45. The molecule has 3 unspecified atom stereocenters. The quantitative estimate of drug-likeness (QED) is 0.289. The van der Waals surface area contributed by atoms with Gasteiger partial charge in [0.25, 0.3) is 0 Å². The molecule has 0 aromatic rings. The van der Waals surface area contributed by atoms with Crippen LogP contribution in [-0.4, -0.2) is 33.1 Å². The van der Waals surface area contributed by atoms with E-state index in [-0.39, 0.29) is 0 Å². The van der Waals surface area contributed by atoms with Crippen molar-refractivity contribution in [3.63, 3.8) is 0 Å². The third-order valence-corrected chi connectivity index (χ3v) is 6.18. The third-order valence-electron chi connectivity index (χ3n) is 4.82. The zero-order valence-electron chi connectivity index (χ0n) is 12.6. The third kappa shape index (κ3) is 4.08. The molecule has 0 amide bonds. The lowest BCUT2D eigenvalue weighted by Crippen LogP contribution is -2.41. The van der Waals surface area contributed by atoms with E-state index in [0.29, 0.717) is 9.36 Å². The highest BCUT2D eigenvalue weighted by Gasteiger charge is 2.40. The highest BCUT2D eigenvalue weighted by molar-refractivity contribution is 14.1. The molecule has 0 aromatic carbocycles. The van der Waals surface area contributed by atoms with Gasteiger partial charge in [-0.2, -0.15) is 0 Å². The molecule has 1 saturated carbocycles. The van der Waals surface area contributed by atoms with E-state index >= 15 is 0 Å². The van der Waals surface area contributed by atoms with Gasteiger partial charge >= 0.3 is 0 Å². The van der Waals surface area contributed by atoms with E-state index in [9.17, 15) is 0 Å². The number of fused-ring (bicyclic) bond motifs is 1. The van der Waals surface area contributed by atoms with E-state index in [1.807, 2.05) is 0 Å². The Morgan fingerprint density at radius 3 is 2.68 bits per heavy atom. The van der Waals surface area contributed by atoms with Gasteiger partial charge in [0.15, 0.2) is 0 Å².